The summed E-state index contributed by atoms with van der Waals surface area (Å²) in [7, 11) is 0. The molecule has 9 nitrogen and oxygen atoms in total. The third kappa shape index (κ3) is 5.64. The maximum absolute atomic E-state index is 14.0. The van der Waals surface area contributed by atoms with Crippen molar-refractivity contribution in [2.24, 2.45) is 0 Å². The molecule has 0 aliphatic carbocycles. The summed E-state index contributed by atoms with van der Waals surface area (Å²) in [5.41, 5.74) is 7.31. The van der Waals surface area contributed by atoms with Gasteiger partial charge in [0.25, 0.3) is 0 Å². The van der Waals surface area contributed by atoms with Crippen LogP contribution in [0.5, 0.6) is 11.5 Å². The molecular formula is C35H31N5O4S. The molecule has 1 N–H and O–H groups in total. The Balaban J connectivity index is 1.40. The van der Waals surface area contributed by atoms with Crippen molar-refractivity contribution in [1.29, 1.82) is 0 Å². The first kappa shape index (κ1) is 28.7. The smallest absolute Gasteiger partial charge is 0.240 e. The molecule has 2 aliphatic heterocycles. The number of carbonyl (C=O) groups excluding carboxylic acids is 2. The number of rotatable bonds is 7. The van der Waals surface area contributed by atoms with Gasteiger partial charge >= 0.3 is 0 Å². The van der Waals surface area contributed by atoms with Gasteiger partial charge in [-0.05, 0) is 54.8 Å². The van der Waals surface area contributed by atoms with Crippen LogP contribution in [0.2, 0.25) is 0 Å². The molecule has 0 spiro atoms. The molecule has 0 radical (unpaired) electrons. The van der Waals surface area contributed by atoms with Gasteiger partial charge in [0.05, 0.1) is 22.4 Å². The predicted octanol–water partition coefficient (Wildman–Crippen LogP) is 5.77. The first-order chi connectivity index (χ1) is 22.0. The molecule has 0 bridgehead atoms. The van der Waals surface area contributed by atoms with Crippen LogP contribution in [0.4, 0.5) is 5.82 Å². The fourth-order valence-electron chi connectivity index (χ4n) is 5.78. The van der Waals surface area contributed by atoms with Gasteiger partial charge in [-0.3, -0.25) is 19.5 Å². The highest BCUT2D eigenvalue weighted by molar-refractivity contribution is 8.00. The minimum atomic E-state index is -0.281. The Hall–Kier alpha value is -5.09. The number of hydrogen-bond donors (Lipinski definition) is 1. The molecule has 7 rings (SSSR count). The molecule has 3 aromatic carbocycles. The highest BCUT2D eigenvalue weighted by Crippen LogP contribution is 2.50. The lowest BCUT2D eigenvalue weighted by molar-refractivity contribution is -0.123. The van der Waals surface area contributed by atoms with E-state index in [9.17, 15) is 9.59 Å². The van der Waals surface area contributed by atoms with Crippen LogP contribution >= 0.6 is 11.8 Å². The monoisotopic (exact) mass is 617 g/mol. The van der Waals surface area contributed by atoms with Gasteiger partial charge in [-0.2, -0.15) is 5.10 Å². The summed E-state index contributed by atoms with van der Waals surface area (Å²) in [5, 5.41) is 7.90. The van der Waals surface area contributed by atoms with Crippen molar-refractivity contribution in [2.75, 3.05) is 24.0 Å². The lowest BCUT2D eigenvalue weighted by Gasteiger charge is -2.24. The Bertz CT molecular complexity index is 1890. The number of fused-ring (bicyclic) bond motifs is 2. The number of benzene rings is 3. The lowest BCUT2D eigenvalue weighted by Crippen LogP contribution is -2.42. The first-order valence-electron chi connectivity index (χ1n) is 14.7. The van der Waals surface area contributed by atoms with Crippen LogP contribution in [0, 0.1) is 13.8 Å². The van der Waals surface area contributed by atoms with Crippen molar-refractivity contribution < 1.29 is 19.1 Å². The second-order valence-electron chi connectivity index (χ2n) is 11.1. The van der Waals surface area contributed by atoms with E-state index in [4.69, 9.17) is 14.6 Å². The van der Waals surface area contributed by atoms with Gasteiger partial charge < -0.3 is 14.8 Å². The number of ether oxygens (including phenoxy) is 2. The van der Waals surface area contributed by atoms with E-state index < -0.39 is 0 Å². The summed E-state index contributed by atoms with van der Waals surface area (Å²) in [4.78, 5) is 33.2. The van der Waals surface area contributed by atoms with Crippen molar-refractivity contribution in [1.82, 2.24) is 20.1 Å². The van der Waals surface area contributed by atoms with Gasteiger partial charge in [0, 0.05) is 30.1 Å². The van der Waals surface area contributed by atoms with Crippen LogP contribution < -0.4 is 19.7 Å². The summed E-state index contributed by atoms with van der Waals surface area (Å²) in [5.74, 6) is 1.65. The average Bonchev–Trinajstić information content (AvgIpc) is 3.65. The maximum atomic E-state index is 14.0. The molecule has 10 heteroatoms. The Labute approximate surface area is 265 Å². The predicted molar refractivity (Wildman–Crippen MR) is 174 cm³/mol. The fraction of sp³-hybridized carbons (Fsp3) is 0.200. The average molecular weight is 618 g/mol. The number of carbonyl (C=O) groups is 2. The number of aromatic nitrogens is 3. The number of nitrogens with zero attached hydrogens (tertiary/aromatic N) is 4. The highest BCUT2D eigenvalue weighted by atomic mass is 32.2. The van der Waals surface area contributed by atoms with Gasteiger partial charge in [-0.1, -0.05) is 60.2 Å². The Kier molecular flexibility index (Phi) is 7.72. The number of anilines is 1. The molecule has 0 fully saturated rings. The van der Waals surface area contributed by atoms with Crippen molar-refractivity contribution in [3.63, 3.8) is 0 Å². The molecule has 2 amide bonds. The summed E-state index contributed by atoms with van der Waals surface area (Å²) >= 11 is 1.52. The Morgan fingerprint density at radius 3 is 2.64 bits per heavy atom. The molecule has 45 heavy (non-hydrogen) atoms. The molecule has 0 saturated heterocycles. The van der Waals surface area contributed by atoms with E-state index in [2.05, 4.69) is 16.4 Å². The zero-order valence-electron chi connectivity index (χ0n) is 24.9. The zero-order valence-corrected chi connectivity index (χ0v) is 25.7. The Morgan fingerprint density at radius 1 is 1.00 bits per heavy atom. The standard InChI is InChI=1S/C35H31N5O4S/c1-22-10-12-27(23(2)15-22)40-35-32(33(38-40)25-8-4-3-5-9-25)34(26-11-13-28-29(16-26)44-21-43-28)45-20-31(42)39(35)19-30(41)37-18-24-7-6-14-36-17-24/h3-17,34H,18-21H2,1-2H3,(H,37,41)/t34-/m0/s1. The van der Waals surface area contributed by atoms with E-state index in [-0.39, 0.29) is 36.2 Å². The first-order valence-corrected chi connectivity index (χ1v) is 15.7. The maximum Gasteiger partial charge on any atom is 0.240 e. The van der Waals surface area contributed by atoms with Crippen molar-refractivity contribution in [2.45, 2.75) is 25.6 Å². The number of pyridine rings is 1. The molecule has 4 heterocycles. The molecule has 2 aliphatic rings. The largest absolute Gasteiger partial charge is 0.454 e. The third-order valence-electron chi connectivity index (χ3n) is 7.93. The molecular weight excluding hydrogens is 586 g/mol. The second-order valence-corrected chi connectivity index (χ2v) is 12.2. The van der Waals surface area contributed by atoms with E-state index in [1.807, 2.05) is 91.3 Å². The van der Waals surface area contributed by atoms with Crippen LogP contribution in [-0.2, 0) is 16.1 Å². The van der Waals surface area contributed by atoms with Crippen LogP contribution in [0.25, 0.3) is 16.9 Å². The number of hydrogen-bond acceptors (Lipinski definition) is 7. The normalized spacial score (nSPS) is 15.5. The second kappa shape index (κ2) is 12.1. The number of aryl methyl sites for hydroxylation is 2. The van der Waals surface area contributed by atoms with E-state index >= 15 is 0 Å². The van der Waals surface area contributed by atoms with E-state index in [0.29, 0.717) is 23.9 Å². The van der Waals surface area contributed by atoms with Gasteiger partial charge in [0.15, 0.2) is 11.5 Å². The Morgan fingerprint density at radius 2 is 1.84 bits per heavy atom. The SMILES string of the molecule is Cc1ccc(-n2nc(-c3ccccc3)c3c2N(CC(=O)NCc2cccnc2)C(=O)CS[C@H]3c2ccc3c(c2)OCO3)c(C)c1. The van der Waals surface area contributed by atoms with E-state index in [1.165, 1.54) is 11.8 Å². The number of amides is 2. The lowest BCUT2D eigenvalue weighted by atomic mass is 9.99. The van der Waals surface area contributed by atoms with Crippen LogP contribution in [-0.4, -0.2) is 45.7 Å². The minimum Gasteiger partial charge on any atom is -0.454 e. The van der Waals surface area contributed by atoms with Gasteiger partial charge in [-0.25, -0.2) is 4.68 Å². The molecule has 0 unspecified atom stereocenters. The molecule has 2 aromatic heterocycles. The van der Waals surface area contributed by atoms with Gasteiger partial charge in [0.2, 0.25) is 18.6 Å². The summed E-state index contributed by atoms with van der Waals surface area (Å²) in [6.45, 7) is 4.39. The number of thioether (sulfide) groups is 1. The summed E-state index contributed by atoms with van der Waals surface area (Å²) in [6, 6.07) is 25.7. The van der Waals surface area contributed by atoms with Crippen LogP contribution in [0.3, 0.4) is 0 Å². The highest BCUT2D eigenvalue weighted by Gasteiger charge is 2.38. The zero-order chi connectivity index (χ0) is 30.9. The third-order valence-corrected chi connectivity index (χ3v) is 9.19. The van der Waals surface area contributed by atoms with E-state index in [0.717, 1.165) is 44.8 Å². The quantitative estimate of drug-likeness (QED) is 0.248. The van der Waals surface area contributed by atoms with Crippen LogP contribution in [0.1, 0.15) is 33.1 Å². The topological polar surface area (TPSA) is 98.6 Å². The van der Waals surface area contributed by atoms with E-state index in [1.54, 1.807) is 17.3 Å². The van der Waals surface area contributed by atoms with Crippen molar-refractivity contribution in [3.8, 4) is 28.4 Å². The minimum absolute atomic E-state index is 0.161. The summed E-state index contributed by atoms with van der Waals surface area (Å²) < 4.78 is 13.2. The van der Waals surface area contributed by atoms with Crippen molar-refractivity contribution in [3.05, 3.63) is 119 Å². The van der Waals surface area contributed by atoms with Gasteiger partial charge in [0.1, 0.15) is 12.4 Å². The fourth-order valence-corrected chi connectivity index (χ4v) is 6.97. The summed E-state index contributed by atoms with van der Waals surface area (Å²) in [6.07, 6.45) is 3.40. The number of nitrogens with one attached hydrogen (secondary N) is 1. The molecule has 5 aromatic rings. The molecule has 226 valence electrons. The van der Waals surface area contributed by atoms with Crippen molar-refractivity contribution >= 4 is 29.4 Å². The van der Waals surface area contributed by atoms with Gasteiger partial charge in [-0.15, -0.1) is 11.8 Å². The molecule has 1 atom stereocenters. The molecule has 0 saturated carbocycles. The van der Waals surface area contributed by atoms with Crippen LogP contribution in [0.15, 0.2) is 91.3 Å².